The molecular formula is C16H23N3O. The molecule has 0 fully saturated rings. The molecule has 0 aliphatic carbocycles. The van der Waals surface area contributed by atoms with Crippen LogP contribution in [0.5, 0.6) is 0 Å². The molecule has 3 N–H and O–H groups in total. The van der Waals surface area contributed by atoms with Crippen LogP contribution in [-0.2, 0) is 4.74 Å². The second-order valence-corrected chi connectivity index (χ2v) is 4.89. The van der Waals surface area contributed by atoms with E-state index in [4.69, 9.17) is 10.6 Å². The highest BCUT2D eigenvalue weighted by Crippen LogP contribution is 2.24. The SMILES string of the molecule is CCCC(OCC)C(NN)c1cnc2ccccc2c1. The van der Waals surface area contributed by atoms with Crippen LogP contribution in [-0.4, -0.2) is 17.7 Å². The second-order valence-electron chi connectivity index (χ2n) is 4.89. The molecule has 20 heavy (non-hydrogen) atoms. The first-order valence-electron chi connectivity index (χ1n) is 7.22. The van der Waals surface area contributed by atoms with Crippen LogP contribution in [0.4, 0.5) is 0 Å². The number of ether oxygens (including phenoxy) is 1. The molecule has 0 bridgehead atoms. The second kappa shape index (κ2) is 7.33. The maximum atomic E-state index is 5.83. The van der Waals surface area contributed by atoms with E-state index in [1.54, 1.807) is 0 Å². The fourth-order valence-corrected chi connectivity index (χ4v) is 2.52. The molecule has 0 aliphatic heterocycles. The molecule has 108 valence electrons. The lowest BCUT2D eigenvalue weighted by Crippen LogP contribution is -2.38. The number of hydrazine groups is 1. The van der Waals surface area contributed by atoms with Gasteiger partial charge in [0.2, 0.25) is 0 Å². The summed E-state index contributed by atoms with van der Waals surface area (Å²) in [5.74, 6) is 5.75. The maximum Gasteiger partial charge on any atom is 0.0783 e. The first-order chi connectivity index (χ1) is 9.80. The Morgan fingerprint density at radius 2 is 2.10 bits per heavy atom. The summed E-state index contributed by atoms with van der Waals surface area (Å²) in [6, 6.07) is 10.2. The zero-order valence-electron chi connectivity index (χ0n) is 12.2. The fourth-order valence-electron chi connectivity index (χ4n) is 2.52. The van der Waals surface area contributed by atoms with Crippen molar-refractivity contribution < 1.29 is 4.74 Å². The van der Waals surface area contributed by atoms with Gasteiger partial charge in [-0.15, -0.1) is 0 Å². The first-order valence-corrected chi connectivity index (χ1v) is 7.22. The summed E-state index contributed by atoms with van der Waals surface area (Å²) in [7, 11) is 0. The van der Waals surface area contributed by atoms with Gasteiger partial charge in [0, 0.05) is 18.2 Å². The van der Waals surface area contributed by atoms with E-state index in [-0.39, 0.29) is 12.1 Å². The van der Waals surface area contributed by atoms with Crippen LogP contribution in [0.15, 0.2) is 36.5 Å². The molecule has 2 aromatic rings. The van der Waals surface area contributed by atoms with Gasteiger partial charge in [-0.1, -0.05) is 31.5 Å². The molecule has 0 saturated heterocycles. The smallest absolute Gasteiger partial charge is 0.0783 e. The number of hydrogen-bond donors (Lipinski definition) is 2. The number of hydrogen-bond acceptors (Lipinski definition) is 4. The molecule has 0 radical (unpaired) electrons. The molecule has 0 aliphatic rings. The van der Waals surface area contributed by atoms with Gasteiger partial charge in [0.05, 0.1) is 17.7 Å². The zero-order valence-corrected chi connectivity index (χ0v) is 12.2. The van der Waals surface area contributed by atoms with Crippen molar-refractivity contribution in [3.63, 3.8) is 0 Å². The van der Waals surface area contributed by atoms with Crippen molar-refractivity contribution in [2.24, 2.45) is 5.84 Å². The van der Waals surface area contributed by atoms with Gasteiger partial charge in [-0.2, -0.15) is 0 Å². The van der Waals surface area contributed by atoms with Gasteiger partial charge in [0.15, 0.2) is 0 Å². The third kappa shape index (κ3) is 3.33. The van der Waals surface area contributed by atoms with Crippen molar-refractivity contribution in [1.29, 1.82) is 0 Å². The van der Waals surface area contributed by atoms with Gasteiger partial charge in [-0.25, -0.2) is 0 Å². The summed E-state index contributed by atoms with van der Waals surface area (Å²) >= 11 is 0. The van der Waals surface area contributed by atoms with E-state index >= 15 is 0 Å². The van der Waals surface area contributed by atoms with Crippen molar-refractivity contribution in [2.75, 3.05) is 6.61 Å². The highest BCUT2D eigenvalue weighted by Gasteiger charge is 2.22. The number of aromatic nitrogens is 1. The Kier molecular flexibility index (Phi) is 5.47. The Balaban J connectivity index is 2.31. The predicted molar refractivity (Wildman–Crippen MR) is 82.1 cm³/mol. The Hall–Kier alpha value is -1.49. The van der Waals surface area contributed by atoms with Crippen LogP contribution in [0.1, 0.15) is 38.3 Å². The zero-order chi connectivity index (χ0) is 14.4. The maximum absolute atomic E-state index is 5.83. The van der Waals surface area contributed by atoms with Crippen molar-refractivity contribution in [3.8, 4) is 0 Å². The lowest BCUT2D eigenvalue weighted by Gasteiger charge is -2.26. The van der Waals surface area contributed by atoms with Crippen LogP contribution in [0, 0.1) is 0 Å². The van der Waals surface area contributed by atoms with Gasteiger partial charge in [0.1, 0.15) is 0 Å². The average molecular weight is 273 g/mol. The predicted octanol–water partition coefficient (Wildman–Crippen LogP) is 2.94. The van der Waals surface area contributed by atoms with E-state index in [1.165, 1.54) is 0 Å². The number of nitrogens with one attached hydrogen (secondary N) is 1. The summed E-state index contributed by atoms with van der Waals surface area (Å²) in [4.78, 5) is 4.50. The summed E-state index contributed by atoms with van der Waals surface area (Å²) in [5, 5.41) is 1.12. The molecule has 1 aromatic carbocycles. The molecule has 4 heteroatoms. The van der Waals surface area contributed by atoms with Gasteiger partial charge in [-0.05, 0) is 31.0 Å². The van der Waals surface area contributed by atoms with Crippen molar-refractivity contribution in [2.45, 2.75) is 38.8 Å². The van der Waals surface area contributed by atoms with Crippen LogP contribution in [0.25, 0.3) is 10.9 Å². The van der Waals surface area contributed by atoms with Gasteiger partial charge in [0.25, 0.3) is 0 Å². The number of rotatable bonds is 7. The van der Waals surface area contributed by atoms with E-state index in [1.807, 2.05) is 31.3 Å². The molecule has 0 spiro atoms. The lowest BCUT2D eigenvalue weighted by molar-refractivity contribution is 0.0275. The van der Waals surface area contributed by atoms with Crippen molar-refractivity contribution in [3.05, 3.63) is 42.1 Å². The minimum atomic E-state index is -0.0352. The normalized spacial score (nSPS) is 14.3. The van der Waals surface area contributed by atoms with E-state index in [0.717, 1.165) is 29.3 Å². The molecule has 1 aromatic heterocycles. The Labute approximate surface area is 120 Å². The number of para-hydroxylation sites is 1. The van der Waals surface area contributed by atoms with Crippen LogP contribution >= 0.6 is 0 Å². The highest BCUT2D eigenvalue weighted by atomic mass is 16.5. The van der Waals surface area contributed by atoms with Gasteiger partial charge >= 0.3 is 0 Å². The minimum Gasteiger partial charge on any atom is -0.376 e. The van der Waals surface area contributed by atoms with E-state index in [9.17, 15) is 0 Å². The van der Waals surface area contributed by atoms with Crippen LogP contribution < -0.4 is 11.3 Å². The fraction of sp³-hybridized carbons (Fsp3) is 0.438. The summed E-state index contributed by atoms with van der Waals surface area (Å²) in [5.41, 5.74) is 4.95. The standard InChI is InChI=1S/C16H23N3O/c1-3-7-15(20-4-2)16(19-17)13-10-12-8-5-6-9-14(12)18-11-13/h5-6,8-11,15-16,19H,3-4,7,17H2,1-2H3. The number of nitrogens with two attached hydrogens (primary N) is 1. The lowest BCUT2D eigenvalue weighted by atomic mass is 9.99. The minimum absolute atomic E-state index is 0.0352. The number of nitrogens with zero attached hydrogens (tertiary/aromatic N) is 1. The quantitative estimate of drug-likeness (QED) is 0.601. The highest BCUT2D eigenvalue weighted by molar-refractivity contribution is 5.78. The first kappa shape index (κ1) is 14.9. The third-order valence-corrected chi connectivity index (χ3v) is 3.48. The molecule has 0 saturated carbocycles. The van der Waals surface area contributed by atoms with E-state index in [0.29, 0.717) is 6.61 Å². The summed E-state index contributed by atoms with van der Waals surface area (Å²) < 4.78 is 5.83. The van der Waals surface area contributed by atoms with Crippen molar-refractivity contribution >= 4 is 10.9 Å². The van der Waals surface area contributed by atoms with Gasteiger partial charge < -0.3 is 4.74 Å². The molecule has 2 rings (SSSR count). The molecule has 1 heterocycles. The van der Waals surface area contributed by atoms with Crippen molar-refractivity contribution in [1.82, 2.24) is 10.4 Å². The Morgan fingerprint density at radius 1 is 1.30 bits per heavy atom. The summed E-state index contributed by atoms with van der Waals surface area (Å²) in [6.07, 6.45) is 3.98. The third-order valence-electron chi connectivity index (χ3n) is 3.48. The topological polar surface area (TPSA) is 60.2 Å². The molecule has 2 atom stereocenters. The molecule has 2 unspecified atom stereocenters. The molecule has 4 nitrogen and oxygen atoms in total. The van der Waals surface area contributed by atoms with E-state index in [2.05, 4.69) is 29.5 Å². The average Bonchev–Trinajstić information content (AvgIpc) is 2.48. The van der Waals surface area contributed by atoms with Gasteiger partial charge in [-0.3, -0.25) is 16.3 Å². The van der Waals surface area contributed by atoms with Crippen LogP contribution in [0.2, 0.25) is 0 Å². The molecule has 0 amide bonds. The molecular weight excluding hydrogens is 250 g/mol. The Morgan fingerprint density at radius 3 is 2.80 bits per heavy atom. The number of fused-ring (bicyclic) bond motifs is 1. The number of pyridine rings is 1. The largest absolute Gasteiger partial charge is 0.376 e. The summed E-state index contributed by atoms with van der Waals surface area (Å²) in [6.45, 7) is 4.84. The monoisotopic (exact) mass is 273 g/mol. The Bertz CT molecular complexity index is 538. The number of benzene rings is 1. The van der Waals surface area contributed by atoms with E-state index < -0.39 is 0 Å². The van der Waals surface area contributed by atoms with Crippen LogP contribution in [0.3, 0.4) is 0 Å².